The Balaban J connectivity index is 1.65. The van der Waals surface area contributed by atoms with Gasteiger partial charge in [-0.3, -0.25) is 0 Å². The van der Waals surface area contributed by atoms with Gasteiger partial charge in [0, 0.05) is 17.1 Å². The molecule has 3 rings (SSSR count). The summed E-state index contributed by atoms with van der Waals surface area (Å²) < 4.78 is 5.44. The molecule has 112 valence electrons. The molecule has 0 aliphatic heterocycles. The molecule has 1 N–H and O–H groups in total. The number of carbonyl (C=O) groups excluding carboxylic acids is 1. The number of nitrogens with zero attached hydrogens (tertiary/aromatic N) is 2. The van der Waals surface area contributed by atoms with E-state index in [2.05, 4.69) is 10.3 Å². The molecule has 0 saturated heterocycles. The van der Waals surface area contributed by atoms with E-state index in [-0.39, 0.29) is 12.1 Å². The first kappa shape index (κ1) is 14.1. The zero-order chi connectivity index (χ0) is 14.8. The molecular formula is C15H19N3O2S. The molecule has 1 aliphatic carbocycles. The van der Waals surface area contributed by atoms with Gasteiger partial charge in [-0.05, 0) is 38.8 Å². The highest BCUT2D eigenvalue weighted by atomic mass is 32.1. The fourth-order valence-corrected chi connectivity index (χ4v) is 3.15. The highest BCUT2D eigenvalue weighted by Crippen LogP contribution is 2.34. The predicted octanol–water partition coefficient (Wildman–Crippen LogP) is 3.48. The van der Waals surface area contributed by atoms with E-state index in [0.717, 1.165) is 28.5 Å². The van der Waals surface area contributed by atoms with Crippen molar-refractivity contribution in [1.82, 2.24) is 15.2 Å². The monoisotopic (exact) mass is 305 g/mol. The van der Waals surface area contributed by atoms with Crippen molar-refractivity contribution in [1.29, 1.82) is 0 Å². The lowest BCUT2D eigenvalue weighted by atomic mass is 10.2. The van der Waals surface area contributed by atoms with Crippen molar-refractivity contribution in [2.45, 2.75) is 45.3 Å². The second-order valence-electron chi connectivity index (χ2n) is 5.33. The average Bonchev–Trinajstić information content (AvgIpc) is 2.99. The first-order valence-electron chi connectivity index (χ1n) is 7.16. The largest absolute Gasteiger partial charge is 0.467 e. The minimum Gasteiger partial charge on any atom is -0.467 e. The van der Waals surface area contributed by atoms with Crippen molar-refractivity contribution in [3.8, 4) is 0 Å². The molecule has 2 heterocycles. The Morgan fingerprint density at radius 1 is 1.62 bits per heavy atom. The van der Waals surface area contributed by atoms with Gasteiger partial charge in [0.2, 0.25) is 0 Å². The van der Waals surface area contributed by atoms with E-state index in [1.165, 1.54) is 0 Å². The summed E-state index contributed by atoms with van der Waals surface area (Å²) in [5.74, 6) is 0.825. The van der Waals surface area contributed by atoms with Gasteiger partial charge in [-0.25, -0.2) is 9.78 Å². The van der Waals surface area contributed by atoms with E-state index in [1.807, 2.05) is 37.1 Å². The maximum absolute atomic E-state index is 12.5. The number of rotatable bonds is 5. The van der Waals surface area contributed by atoms with Crippen LogP contribution >= 0.6 is 11.3 Å². The minimum atomic E-state index is -0.0457. The zero-order valence-corrected chi connectivity index (χ0v) is 13.0. The molecule has 0 spiro atoms. The number of urea groups is 1. The zero-order valence-electron chi connectivity index (χ0n) is 12.2. The summed E-state index contributed by atoms with van der Waals surface area (Å²) in [6.45, 7) is 4.50. The van der Waals surface area contributed by atoms with Gasteiger partial charge < -0.3 is 14.6 Å². The lowest BCUT2D eigenvalue weighted by Crippen LogP contribution is -2.42. The smallest absolute Gasteiger partial charge is 0.318 e. The maximum Gasteiger partial charge on any atom is 0.318 e. The first-order chi connectivity index (χ1) is 10.1. The Morgan fingerprint density at radius 2 is 2.43 bits per heavy atom. The normalized spacial score (nSPS) is 15.7. The number of carbonyl (C=O) groups is 1. The molecule has 2 aromatic rings. The van der Waals surface area contributed by atoms with E-state index in [9.17, 15) is 4.79 Å². The van der Waals surface area contributed by atoms with Gasteiger partial charge in [0.15, 0.2) is 0 Å². The van der Waals surface area contributed by atoms with Crippen LogP contribution in [0.4, 0.5) is 4.79 Å². The summed E-state index contributed by atoms with van der Waals surface area (Å²) in [6.07, 6.45) is 5.60. The van der Waals surface area contributed by atoms with Gasteiger partial charge in [-0.2, -0.15) is 0 Å². The van der Waals surface area contributed by atoms with E-state index in [4.69, 9.17) is 4.42 Å². The third-order valence-electron chi connectivity index (χ3n) is 3.63. The maximum atomic E-state index is 12.5. The molecule has 2 aromatic heterocycles. The number of amides is 2. The molecule has 1 fully saturated rings. The van der Waals surface area contributed by atoms with E-state index < -0.39 is 0 Å². The van der Waals surface area contributed by atoms with Crippen LogP contribution in [0.2, 0.25) is 0 Å². The second-order valence-corrected chi connectivity index (χ2v) is 6.65. The molecule has 21 heavy (non-hydrogen) atoms. The van der Waals surface area contributed by atoms with Gasteiger partial charge in [0.05, 0.1) is 23.9 Å². The van der Waals surface area contributed by atoms with Crippen molar-refractivity contribution in [2.75, 3.05) is 0 Å². The van der Waals surface area contributed by atoms with Crippen LogP contribution < -0.4 is 5.32 Å². The van der Waals surface area contributed by atoms with Crippen molar-refractivity contribution < 1.29 is 9.21 Å². The molecule has 1 aliphatic rings. The van der Waals surface area contributed by atoms with E-state index >= 15 is 0 Å². The van der Waals surface area contributed by atoms with E-state index in [0.29, 0.717) is 12.6 Å². The highest BCUT2D eigenvalue weighted by Gasteiger charge is 2.37. The number of thiazole rings is 1. The Kier molecular flexibility index (Phi) is 3.96. The molecule has 1 saturated carbocycles. The molecule has 0 aromatic carbocycles. The molecule has 5 nitrogen and oxygen atoms in total. The van der Waals surface area contributed by atoms with E-state index in [1.54, 1.807) is 17.6 Å². The fourth-order valence-electron chi connectivity index (χ4n) is 2.42. The standard InChI is InChI=1S/C15H19N3O2S/c1-10(14-4-3-7-20-14)18(12-5-6-12)15(19)17-9-13-8-16-11(2)21-13/h3-4,7-8,10,12H,5-6,9H2,1-2H3,(H,17,19). The number of hydrogen-bond acceptors (Lipinski definition) is 4. The molecule has 0 bridgehead atoms. The van der Waals surface area contributed by atoms with Gasteiger partial charge >= 0.3 is 6.03 Å². The number of hydrogen-bond donors (Lipinski definition) is 1. The lowest BCUT2D eigenvalue weighted by Gasteiger charge is -2.28. The van der Waals surface area contributed by atoms with Crippen LogP contribution in [0, 0.1) is 6.92 Å². The van der Waals surface area contributed by atoms with Crippen LogP contribution in [-0.2, 0) is 6.54 Å². The molecule has 0 radical (unpaired) electrons. The van der Waals surface area contributed by atoms with Gasteiger partial charge in [-0.1, -0.05) is 0 Å². The van der Waals surface area contributed by atoms with Gasteiger partial charge in [0.1, 0.15) is 5.76 Å². The van der Waals surface area contributed by atoms with Crippen molar-refractivity contribution >= 4 is 17.4 Å². The number of nitrogens with one attached hydrogen (secondary N) is 1. The van der Waals surface area contributed by atoms with Crippen molar-refractivity contribution in [2.24, 2.45) is 0 Å². The Morgan fingerprint density at radius 3 is 3.00 bits per heavy atom. The van der Waals surface area contributed by atoms with Crippen LogP contribution in [0.5, 0.6) is 0 Å². The van der Waals surface area contributed by atoms with Gasteiger partial charge in [0.25, 0.3) is 0 Å². The molecule has 2 amide bonds. The van der Waals surface area contributed by atoms with Gasteiger partial charge in [-0.15, -0.1) is 11.3 Å². The predicted molar refractivity (Wildman–Crippen MR) is 81.1 cm³/mol. The molecule has 1 atom stereocenters. The SMILES string of the molecule is Cc1ncc(CNC(=O)N(C2CC2)C(C)c2ccco2)s1. The fraction of sp³-hybridized carbons (Fsp3) is 0.467. The Bertz CT molecular complexity index is 604. The van der Waals surface area contributed by atoms with Crippen LogP contribution in [0.25, 0.3) is 0 Å². The second kappa shape index (κ2) is 5.89. The van der Waals surface area contributed by atoms with Crippen LogP contribution in [-0.4, -0.2) is 22.0 Å². The third kappa shape index (κ3) is 3.26. The first-order valence-corrected chi connectivity index (χ1v) is 7.97. The van der Waals surface area contributed by atoms with Crippen LogP contribution in [0.1, 0.15) is 41.5 Å². The Labute approximate surface area is 128 Å². The summed E-state index contributed by atoms with van der Waals surface area (Å²) in [5, 5.41) is 4.01. The van der Waals surface area contributed by atoms with Crippen LogP contribution in [0.15, 0.2) is 29.0 Å². The average molecular weight is 305 g/mol. The van der Waals surface area contributed by atoms with Crippen molar-refractivity contribution in [3.05, 3.63) is 40.2 Å². The quantitative estimate of drug-likeness (QED) is 0.920. The number of furan rings is 1. The molecular weight excluding hydrogens is 286 g/mol. The molecule has 1 unspecified atom stereocenters. The van der Waals surface area contributed by atoms with Crippen LogP contribution in [0.3, 0.4) is 0 Å². The molecule has 6 heteroatoms. The summed E-state index contributed by atoms with van der Waals surface area (Å²) in [5.41, 5.74) is 0. The highest BCUT2D eigenvalue weighted by molar-refractivity contribution is 7.11. The summed E-state index contributed by atoms with van der Waals surface area (Å²) in [7, 11) is 0. The third-order valence-corrected chi connectivity index (χ3v) is 4.54. The number of aryl methyl sites for hydroxylation is 1. The summed E-state index contributed by atoms with van der Waals surface area (Å²) >= 11 is 1.61. The topological polar surface area (TPSA) is 58.4 Å². The number of aromatic nitrogens is 1. The summed E-state index contributed by atoms with van der Waals surface area (Å²) in [4.78, 5) is 19.7. The Hall–Kier alpha value is -1.82. The lowest BCUT2D eigenvalue weighted by molar-refractivity contribution is 0.166. The minimum absolute atomic E-state index is 0.0348. The van der Waals surface area contributed by atoms with Crippen molar-refractivity contribution in [3.63, 3.8) is 0 Å². The summed E-state index contributed by atoms with van der Waals surface area (Å²) in [6, 6.07) is 4.02.